The van der Waals surface area contributed by atoms with E-state index in [1.165, 1.54) is 0 Å². The normalized spacial score (nSPS) is 11.8. The van der Waals surface area contributed by atoms with Crippen molar-refractivity contribution in [3.05, 3.63) is 55.2 Å². The number of hydrogen-bond donors (Lipinski definition) is 0. The third-order valence-electron chi connectivity index (χ3n) is 2.43. The van der Waals surface area contributed by atoms with E-state index in [0.717, 1.165) is 16.5 Å². The lowest BCUT2D eigenvalue weighted by Crippen LogP contribution is -2.23. The van der Waals surface area contributed by atoms with Crippen LogP contribution in [0.1, 0.15) is 0 Å². The number of halogens is 1. The predicted molar refractivity (Wildman–Crippen MR) is 70.9 cm³/mol. The quantitative estimate of drug-likeness (QED) is 0.698. The summed E-state index contributed by atoms with van der Waals surface area (Å²) in [6.45, 7) is 0. The lowest BCUT2D eigenvalue weighted by molar-refractivity contribution is 0.584. The molecule has 0 aliphatic rings. The molecule has 3 aromatic heterocycles. The van der Waals surface area contributed by atoms with Gasteiger partial charge in [-0.15, -0.1) is 0 Å². The fourth-order valence-electron chi connectivity index (χ4n) is 1.66. The summed E-state index contributed by atoms with van der Waals surface area (Å²) >= 11 is 3.78. The molecule has 0 aliphatic carbocycles. The van der Waals surface area contributed by atoms with Crippen molar-refractivity contribution in [1.82, 2.24) is 0 Å². The van der Waals surface area contributed by atoms with Crippen molar-refractivity contribution in [1.29, 1.82) is 0 Å². The zero-order valence-electron chi connectivity index (χ0n) is 8.75. The van der Waals surface area contributed by atoms with Gasteiger partial charge in [-0.05, 0) is 18.2 Å². The van der Waals surface area contributed by atoms with E-state index in [-0.39, 0.29) is 0 Å². The van der Waals surface area contributed by atoms with Gasteiger partial charge in [0.2, 0.25) is 0 Å². The summed E-state index contributed by atoms with van der Waals surface area (Å²) in [6, 6.07) is 11.3. The Kier molecular flexibility index (Phi) is 2.69. The van der Waals surface area contributed by atoms with Gasteiger partial charge in [-0.3, -0.25) is 0 Å². The molecule has 0 atom stereocenters. The summed E-state index contributed by atoms with van der Waals surface area (Å²) in [5.74, 6) is -2.07. The molecule has 86 valence electrons. The van der Waals surface area contributed by atoms with Crippen molar-refractivity contribution >= 4 is 38.0 Å². The van der Waals surface area contributed by atoms with Crippen LogP contribution in [0.25, 0.3) is 0 Å². The minimum absolute atomic E-state index is 0.822. The third-order valence-corrected chi connectivity index (χ3v) is 8.16. The molecule has 0 fully saturated rings. The molecule has 3 aromatic rings. The van der Waals surface area contributed by atoms with Gasteiger partial charge < -0.3 is 13.3 Å². The Hall–Kier alpha value is -1.25. The molecule has 3 rings (SSSR count). The fourth-order valence-corrected chi connectivity index (χ4v) is 5.62. The smallest absolute Gasteiger partial charge is 0.292 e. The standard InChI is InChI=1S/C12H9BrO3P/c13-17(10-4-1-7-14-10,11-5-2-8-15-11)12-6-3-9-16-12/h1-9H/q+1. The fraction of sp³-hybridized carbons (Fsp3) is 0. The largest absolute Gasteiger partial charge is 0.434 e. The first-order chi connectivity index (χ1) is 8.32. The number of furan rings is 3. The van der Waals surface area contributed by atoms with Gasteiger partial charge >= 0.3 is 0 Å². The minimum atomic E-state index is -2.07. The van der Waals surface area contributed by atoms with Crippen LogP contribution in [0.15, 0.2) is 68.4 Å². The molecule has 0 aliphatic heterocycles. The first-order valence-corrected chi connectivity index (χ1v) is 8.83. The van der Waals surface area contributed by atoms with Crippen molar-refractivity contribution in [3.63, 3.8) is 0 Å². The highest BCUT2D eigenvalue weighted by atomic mass is 79.9. The SMILES string of the molecule is Br[P+](c1ccco1)(c1ccco1)c1ccco1. The summed E-state index contributed by atoms with van der Waals surface area (Å²) < 4.78 is 16.6. The molecule has 5 heteroatoms. The van der Waals surface area contributed by atoms with Crippen molar-refractivity contribution < 1.29 is 13.3 Å². The third kappa shape index (κ3) is 1.68. The summed E-state index contributed by atoms with van der Waals surface area (Å²) in [6.07, 6.45) is 4.95. The van der Waals surface area contributed by atoms with E-state index in [9.17, 15) is 0 Å². The summed E-state index contributed by atoms with van der Waals surface area (Å²) in [7, 11) is 0. The molecular weight excluding hydrogens is 303 g/mol. The maximum atomic E-state index is 5.53. The molecule has 0 unspecified atom stereocenters. The highest BCUT2D eigenvalue weighted by Gasteiger charge is 2.53. The van der Waals surface area contributed by atoms with Crippen molar-refractivity contribution in [3.8, 4) is 0 Å². The molecule has 0 saturated heterocycles. The highest BCUT2D eigenvalue weighted by molar-refractivity contribution is 9.44. The average Bonchev–Trinajstić information content (AvgIpc) is 3.10. The van der Waals surface area contributed by atoms with E-state index in [1.807, 2.05) is 36.4 Å². The van der Waals surface area contributed by atoms with Crippen LogP contribution < -0.4 is 16.5 Å². The second-order valence-electron chi connectivity index (χ2n) is 3.44. The highest BCUT2D eigenvalue weighted by Crippen LogP contribution is 2.62. The Morgan fingerprint density at radius 2 is 1.06 bits per heavy atom. The van der Waals surface area contributed by atoms with E-state index >= 15 is 0 Å². The Morgan fingerprint density at radius 1 is 0.706 bits per heavy atom. The van der Waals surface area contributed by atoms with Crippen molar-refractivity contribution in [2.24, 2.45) is 0 Å². The second-order valence-corrected chi connectivity index (χ2v) is 9.13. The Balaban J connectivity index is 2.21. The van der Waals surface area contributed by atoms with Crippen LogP contribution in [-0.4, -0.2) is 0 Å². The van der Waals surface area contributed by atoms with Gasteiger partial charge in [-0.25, -0.2) is 0 Å². The molecule has 0 saturated carbocycles. The van der Waals surface area contributed by atoms with Gasteiger partial charge in [0.05, 0.1) is 18.8 Å². The lowest BCUT2D eigenvalue weighted by Gasteiger charge is -2.09. The molecule has 0 amide bonds. The van der Waals surface area contributed by atoms with Crippen LogP contribution in [0.3, 0.4) is 0 Å². The van der Waals surface area contributed by atoms with Crippen LogP contribution in [0.5, 0.6) is 0 Å². The van der Waals surface area contributed by atoms with Crippen LogP contribution in [0.2, 0.25) is 0 Å². The molecule has 3 nitrogen and oxygen atoms in total. The van der Waals surface area contributed by atoms with Gasteiger partial charge in [0.25, 0.3) is 22.5 Å². The van der Waals surface area contributed by atoms with Crippen molar-refractivity contribution in [2.45, 2.75) is 0 Å². The Labute approximate surface area is 106 Å². The maximum Gasteiger partial charge on any atom is 0.292 e. The molecule has 0 N–H and O–H groups in total. The van der Waals surface area contributed by atoms with Gasteiger partial charge in [0, 0.05) is 18.2 Å². The van der Waals surface area contributed by atoms with E-state index in [1.54, 1.807) is 18.8 Å². The van der Waals surface area contributed by atoms with Gasteiger partial charge in [-0.1, -0.05) is 0 Å². The minimum Gasteiger partial charge on any atom is -0.434 e. The van der Waals surface area contributed by atoms with Crippen LogP contribution in [-0.2, 0) is 0 Å². The molecular formula is C12H9BrO3P+. The monoisotopic (exact) mass is 311 g/mol. The molecule has 0 aromatic carbocycles. The Bertz CT molecular complexity index is 485. The van der Waals surface area contributed by atoms with Crippen molar-refractivity contribution in [2.75, 3.05) is 0 Å². The molecule has 0 radical (unpaired) electrons. The van der Waals surface area contributed by atoms with E-state index in [2.05, 4.69) is 15.5 Å². The zero-order valence-corrected chi connectivity index (χ0v) is 11.2. The molecule has 0 bridgehead atoms. The number of rotatable bonds is 3. The van der Waals surface area contributed by atoms with Gasteiger partial charge in [0.15, 0.2) is 15.5 Å². The number of hydrogen-bond acceptors (Lipinski definition) is 3. The molecule has 0 spiro atoms. The van der Waals surface area contributed by atoms with E-state index in [4.69, 9.17) is 13.3 Å². The summed E-state index contributed by atoms with van der Waals surface area (Å²) in [5.41, 5.74) is 2.47. The zero-order chi connectivity index (χ0) is 11.7. The van der Waals surface area contributed by atoms with E-state index < -0.39 is 5.96 Å². The topological polar surface area (TPSA) is 39.4 Å². The molecule has 17 heavy (non-hydrogen) atoms. The Morgan fingerprint density at radius 3 is 1.29 bits per heavy atom. The van der Waals surface area contributed by atoms with E-state index in [0.29, 0.717) is 0 Å². The first kappa shape index (κ1) is 10.9. The van der Waals surface area contributed by atoms with Gasteiger partial charge in [-0.2, -0.15) is 0 Å². The lowest BCUT2D eigenvalue weighted by atomic mass is 10.7. The predicted octanol–water partition coefficient (Wildman–Crippen LogP) is 3.07. The first-order valence-electron chi connectivity index (χ1n) is 5.03. The average molecular weight is 312 g/mol. The summed E-state index contributed by atoms with van der Waals surface area (Å²) in [5, 5.41) is 0. The maximum absolute atomic E-state index is 5.53. The molecule has 3 heterocycles. The van der Waals surface area contributed by atoms with Gasteiger partial charge in [0.1, 0.15) is 0 Å². The van der Waals surface area contributed by atoms with Crippen LogP contribution in [0.4, 0.5) is 0 Å². The van der Waals surface area contributed by atoms with Crippen LogP contribution >= 0.6 is 21.5 Å². The summed E-state index contributed by atoms with van der Waals surface area (Å²) in [4.78, 5) is 0. The second kappa shape index (κ2) is 4.21. The van der Waals surface area contributed by atoms with Crippen LogP contribution in [0, 0.1) is 0 Å².